The van der Waals surface area contributed by atoms with Crippen molar-refractivity contribution >= 4 is 71.3 Å². The minimum absolute atomic E-state index is 0.912. The summed E-state index contributed by atoms with van der Waals surface area (Å²) >= 11 is 0. The van der Waals surface area contributed by atoms with Gasteiger partial charge in [0.25, 0.3) is 0 Å². The molecule has 0 amide bonds. The van der Waals surface area contributed by atoms with Gasteiger partial charge in [-0.1, -0.05) is 152 Å². The number of nitrogens with zero attached hydrogens (tertiary/aromatic N) is 1. The molecule has 0 spiro atoms. The molecule has 0 atom stereocenters. The fraction of sp³-hybridized carbons (Fsp3) is 0. The van der Waals surface area contributed by atoms with Crippen molar-refractivity contribution in [3.05, 3.63) is 212 Å². The van der Waals surface area contributed by atoms with Crippen molar-refractivity contribution in [2.45, 2.75) is 0 Å². The maximum Gasteiger partial charge on any atom is 0.136 e. The summed E-state index contributed by atoms with van der Waals surface area (Å²) in [7, 11) is 0. The minimum Gasteiger partial charge on any atom is -0.456 e. The molecule has 262 valence electrons. The molecule has 0 bridgehead atoms. The van der Waals surface area contributed by atoms with Crippen LogP contribution in [0.5, 0.6) is 0 Å². The first-order chi connectivity index (χ1) is 27.8. The lowest BCUT2D eigenvalue weighted by atomic mass is 9.90. The monoisotopic (exact) mass is 713 g/mol. The second kappa shape index (κ2) is 13.2. The van der Waals surface area contributed by atoms with Gasteiger partial charge in [0.2, 0.25) is 0 Å². The van der Waals surface area contributed by atoms with E-state index < -0.39 is 0 Å². The Morgan fingerprint density at radius 3 is 1.57 bits per heavy atom. The number of rotatable bonds is 6. The molecule has 1 heterocycles. The first kappa shape index (κ1) is 32.0. The van der Waals surface area contributed by atoms with Crippen molar-refractivity contribution in [2.75, 3.05) is 4.90 Å². The summed E-state index contributed by atoms with van der Waals surface area (Å²) < 4.78 is 6.41. The molecule has 0 aliphatic rings. The van der Waals surface area contributed by atoms with Gasteiger partial charge in [0.15, 0.2) is 0 Å². The zero-order valence-corrected chi connectivity index (χ0v) is 30.6. The van der Waals surface area contributed by atoms with Crippen LogP contribution in [0.15, 0.2) is 217 Å². The van der Waals surface area contributed by atoms with Gasteiger partial charge in [-0.05, 0) is 115 Å². The number of hydrogen-bond acceptors (Lipinski definition) is 2. The molecule has 10 aromatic carbocycles. The molecule has 0 N–H and O–H groups in total. The maximum atomic E-state index is 6.41. The Hall–Kier alpha value is -7.42. The van der Waals surface area contributed by atoms with Crippen LogP contribution in [-0.2, 0) is 0 Å². The highest BCUT2D eigenvalue weighted by atomic mass is 16.3. The van der Waals surface area contributed by atoms with Gasteiger partial charge < -0.3 is 9.32 Å². The Kier molecular flexibility index (Phi) is 7.53. The van der Waals surface area contributed by atoms with Gasteiger partial charge in [-0.15, -0.1) is 0 Å². The first-order valence-electron chi connectivity index (χ1n) is 19.2. The van der Waals surface area contributed by atoms with Crippen LogP contribution in [0.1, 0.15) is 0 Å². The van der Waals surface area contributed by atoms with Crippen LogP contribution >= 0.6 is 0 Å². The van der Waals surface area contributed by atoms with Gasteiger partial charge in [0.05, 0.1) is 5.69 Å². The highest BCUT2D eigenvalue weighted by Crippen LogP contribution is 2.46. The third-order valence-electron chi connectivity index (χ3n) is 11.2. The highest BCUT2D eigenvalue weighted by molar-refractivity contribution is 6.34. The van der Waals surface area contributed by atoms with E-state index in [1.807, 2.05) is 6.07 Å². The summed E-state index contributed by atoms with van der Waals surface area (Å²) in [6.07, 6.45) is 0. The van der Waals surface area contributed by atoms with Crippen LogP contribution in [-0.4, -0.2) is 0 Å². The lowest BCUT2D eigenvalue weighted by molar-refractivity contribution is 0.669. The molecule has 0 saturated carbocycles. The molecular formula is C54H35NO. The zero-order chi connectivity index (χ0) is 37.0. The average molecular weight is 714 g/mol. The van der Waals surface area contributed by atoms with Crippen molar-refractivity contribution in [3.63, 3.8) is 0 Å². The summed E-state index contributed by atoms with van der Waals surface area (Å²) in [5.74, 6) is 0. The molecule has 0 fully saturated rings. The quantitative estimate of drug-likeness (QED) is 0.160. The highest BCUT2D eigenvalue weighted by Gasteiger charge is 2.21. The van der Waals surface area contributed by atoms with Crippen LogP contribution in [0, 0.1) is 0 Å². The van der Waals surface area contributed by atoms with E-state index in [0.29, 0.717) is 0 Å². The Bertz CT molecular complexity index is 3180. The summed E-state index contributed by atoms with van der Waals surface area (Å²) in [4.78, 5) is 2.41. The van der Waals surface area contributed by atoms with Gasteiger partial charge in [-0.2, -0.15) is 0 Å². The second-order valence-corrected chi connectivity index (χ2v) is 14.5. The van der Waals surface area contributed by atoms with Gasteiger partial charge in [-0.25, -0.2) is 0 Å². The molecule has 2 heteroatoms. The van der Waals surface area contributed by atoms with E-state index in [4.69, 9.17) is 4.42 Å². The van der Waals surface area contributed by atoms with E-state index >= 15 is 0 Å². The summed E-state index contributed by atoms with van der Waals surface area (Å²) in [5, 5.41) is 9.72. The van der Waals surface area contributed by atoms with E-state index in [2.05, 4.69) is 211 Å². The normalized spacial score (nSPS) is 11.6. The van der Waals surface area contributed by atoms with Gasteiger partial charge >= 0.3 is 0 Å². The molecule has 0 unspecified atom stereocenters. The topological polar surface area (TPSA) is 16.4 Å². The van der Waals surface area contributed by atoms with Crippen LogP contribution in [0.3, 0.4) is 0 Å². The Balaban J connectivity index is 1.17. The first-order valence-corrected chi connectivity index (χ1v) is 19.2. The van der Waals surface area contributed by atoms with Gasteiger partial charge in [-0.3, -0.25) is 0 Å². The van der Waals surface area contributed by atoms with Crippen LogP contribution < -0.4 is 4.90 Å². The minimum atomic E-state index is 0.912. The third kappa shape index (κ3) is 5.26. The van der Waals surface area contributed by atoms with Gasteiger partial charge in [0, 0.05) is 33.1 Å². The summed E-state index contributed by atoms with van der Waals surface area (Å²) in [5.41, 5.74) is 12.1. The standard InChI is InChI=1S/C54H35NO/c1-4-16-36(17-5-1)39-32-40(37-18-6-2-7-19-37)34-42(33-39)55(41-20-8-3-9-21-41)50-26-14-12-22-43(50)38-28-29-45-44-23-10-11-24-46(44)53-47(49(45)35-38)30-31-52-54(53)48-25-13-15-27-51(48)56-52/h1-35H. The smallest absolute Gasteiger partial charge is 0.136 e. The maximum absolute atomic E-state index is 6.41. The number of para-hydroxylation sites is 3. The van der Waals surface area contributed by atoms with Crippen LogP contribution in [0.25, 0.3) is 87.6 Å². The fourth-order valence-electron chi connectivity index (χ4n) is 8.68. The summed E-state index contributed by atoms with van der Waals surface area (Å²) in [6, 6.07) is 76.5. The average Bonchev–Trinajstić information content (AvgIpc) is 3.66. The predicted molar refractivity (Wildman–Crippen MR) is 237 cm³/mol. The molecule has 1 aromatic heterocycles. The fourth-order valence-corrected chi connectivity index (χ4v) is 8.68. The van der Waals surface area contributed by atoms with E-state index in [9.17, 15) is 0 Å². The van der Waals surface area contributed by atoms with E-state index in [0.717, 1.165) is 44.7 Å². The Morgan fingerprint density at radius 2 is 0.839 bits per heavy atom. The molecule has 0 saturated heterocycles. The third-order valence-corrected chi connectivity index (χ3v) is 11.2. The van der Waals surface area contributed by atoms with E-state index in [-0.39, 0.29) is 0 Å². The number of hydrogen-bond donors (Lipinski definition) is 0. The number of anilines is 3. The number of fused-ring (bicyclic) bond motifs is 10. The van der Waals surface area contributed by atoms with Crippen LogP contribution in [0.4, 0.5) is 17.1 Å². The largest absolute Gasteiger partial charge is 0.456 e. The van der Waals surface area contributed by atoms with E-state index in [1.54, 1.807) is 0 Å². The van der Waals surface area contributed by atoms with E-state index in [1.165, 1.54) is 60.0 Å². The lowest BCUT2D eigenvalue weighted by Gasteiger charge is -2.29. The van der Waals surface area contributed by atoms with Crippen molar-refractivity contribution in [3.8, 4) is 33.4 Å². The molecule has 56 heavy (non-hydrogen) atoms. The number of furan rings is 1. The van der Waals surface area contributed by atoms with Crippen molar-refractivity contribution in [1.82, 2.24) is 0 Å². The van der Waals surface area contributed by atoms with Gasteiger partial charge in [0.1, 0.15) is 11.2 Å². The summed E-state index contributed by atoms with van der Waals surface area (Å²) in [6.45, 7) is 0. The molecule has 11 rings (SSSR count). The predicted octanol–water partition coefficient (Wildman–Crippen LogP) is 15.5. The molecule has 11 aromatic rings. The Morgan fingerprint density at radius 1 is 0.286 bits per heavy atom. The molecule has 0 aliphatic carbocycles. The SMILES string of the molecule is c1ccc(-c2cc(-c3ccccc3)cc(N(c3ccccc3)c3ccccc3-c3ccc4c5ccccc5c5c(ccc6oc7ccccc7c65)c4c3)c2)cc1. The van der Waals surface area contributed by atoms with Crippen molar-refractivity contribution in [1.29, 1.82) is 0 Å². The molecule has 0 aliphatic heterocycles. The van der Waals surface area contributed by atoms with Crippen LogP contribution in [0.2, 0.25) is 0 Å². The zero-order valence-electron chi connectivity index (χ0n) is 30.6. The molecule has 0 radical (unpaired) electrons. The number of benzene rings is 10. The van der Waals surface area contributed by atoms with Crippen molar-refractivity contribution in [2.24, 2.45) is 0 Å². The molecule has 2 nitrogen and oxygen atoms in total. The molecular weight excluding hydrogens is 679 g/mol. The Labute approximate surface area is 325 Å². The van der Waals surface area contributed by atoms with Crippen molar-refractivity contribution < 1.29 is 4.42 Å². The lowest BCUT2D eigenvalue weighted by Crippen LogP contribution is -2.11. The second-order valence-electron chi connectivity index (χ2n) is 14.5.